The molecule has 0 saturated heterocycles. The minimum absolute atomic E-state index is 0.0440. The van der Waals surface area contributed by atoms with Gasteiger partial charge in [0.05, 0.1) is 32.6 Å². The summed E-state index contributed by atoms with van der Waals surface area (Å²) in [6.45, 7) is 1.74. The smallest absolute Gasteiger partial charge is 0.344 e. The highest BCUT2D eigenvalue weighted by molar-refractivity contribution is 7.13. The Morgan fingerprint density at radius 1 is 1.03 bits per heavy atom. The topological polar surface area (TPSA) is 76.1 Å². The van der Waals surface area contributed by atoms with Crippen molar-refractivity contribution in [2.75, 3.05) is 27.9 Å². The van der Waals surface area contributed by atoms with Gasteiger partial charge in [0, 0.05) is 5.38 Å². The summed E-state index contributed by atoms with van der Waals surface area (Å²) < 4.78 is 27.0. The lowest BCUT2D eigenvalue weighted by molar-refractivity contribution is -0.147. The van der Waals surface area contributed by atoms with Crippen LogP contribution in [0, 0.1) is 0 Å². The number of ether oxygens (including phenoxy) is 5. The van der Waals surface area contributed by atoms with Gasteiger partial charge in [-0.1, -0.05) is 24.3 Å². The van der Waals surface area contributed by atoms with Gasteiger partial charge in [-0.15, -0.1) is 11.3 Å². The van der Waals surface area contributed by atoms with E-state index in [4.69, 9.17) is 23.7 Å². The first kappa shape index (κ1) is 23.1. The predicted octanol–water partition coefficient (Wildman–Crippen LogP) is 4.99. The van der Waals surface area contributed by atoms with Crippen LogP contribution in [0.2, 0.25) is 0 Å². The Bertz CT molecular complexity index is 1090. The van der Waals surface area contributed by atoms with Crippen LogP contribution in [-0.2, 0) is 16.1 Å². The molecule has 3 aromatic rings. The summed E-state index contributed by atoms with van der Waals surface area (Å²) in [6.07, 6.45) is 3.88. The summed E-state index contributed by atoms with van der Waals surface area (Å²) in [5, 5.41) is 2.58. The number of hydrogen-bond donors (Lipinski definition) is 0. The third kappa shape index (κ3) is 5.59. The Hall–Kier alpha value is -3.52. The number of rotatable bonds is 10. The number of aromatic nitrogens is 1. The molecule has 0 fully saturated rings. The van der Waals surface area contributed by atoms with E-state index in [0.29, 0.717) is 28.7 Å². The zero-order valence-electron chi connectivity index (χ0n) is 18.4. The number of para-hydroxylation sites is 1. The molecule has 0 amide bonds. The molecule has 0 atom stereocenters. The van der Waals surface area contributed by atoms with Gasteiger partial charge in [-0.25, -0.2) is 9.78 Å². The lowest BCUT2D eigenvalue weighted by atomic mass is 10.2. The molecule has 2 aromatic carbocycles. The second-order valence-corrected chi connectivity index (χ2v) is 7.40. The van der Waals surface area contributed by atoms with E-state index >= 15 is 0 Å². The zero-order chi connectivity index (χ0) is 22.9. The van der Waals surface area contributed by atoms with Crippen molar-refractivity contribution in [1.82, 2.24) is 4.98 Å². The number of thiazole rings is 1. The van der Waals surface area contributed by atoms with Crippen molar-refractivity contribution >= 4 is 23.4 Å². The SMILES string of the molecule is C/C=C/c1ccc(OCC(=O)OCc2csc(-c3cccc(OC)c3OC)n2)c(OC)c1. The van der Waals surface area contributed by atoms with E-state index in [2.05, 4.69) is 4.98 Å². The molecule has 8 heteroatoms. The molecule has 0 aliphatic heterocycles. The number of esters is 1. The second kappa shape index (κ2) is 11.2. The van der Waals surface area contributed by atoms with Gasteiger partial charge in [0.2, 0.25) is 0 Å². The van der Waals surface area contributed by atoms with E-state index in [9.17, 15) is 4.79 Å². The Balaban J connectivity index is 1.58. The van der Waals surface area contributed by atoms with Crippen LogP contribution < -0.4 is 18.9 Å². The van der Waals surface area contributed by atoms with E-state index in [1.165, 1.54) is 11.3 Å². The first-order valence-electron chi connectivity index (χ1n) is 9.84. The van der Waals surface area contributed by atoms with Crippen LogP contribution in [0.3, 0.4) is 0 Å². The van der Waals surface area contributed by atoms with Gasteiger partial charge < -0.3 is 23.7 Å². The number of methoxy groups -OCH3 is 3. The van der Waals surface area contributed by atoms with Crippen LogP contribution in [0.5, 0.6) is 23.0 Å². The zero-order valence-corrected chi connectivity index (χ0v) is 19.2. The van der Waals surface area contributed by atoms with Crippen molar-refractivity contribution in [3.8, 4) is 33.6 Å². The van der Waals surface area contributed by atoms with Crippen molar-refractivity contribution in [3.05, 3.63) is 59.1 Å². The molecule has 3 rings (SSSR count). The quantitative estimate of drug-likeness (QED) is 0.399. The minimum atomic E-state index is -0.502. The average molecular weight is 456 g/mol. The summed E-state index contributed by atoms with van der Waals surface area (Å²) >= 11 is 1.43. The number of benzene rings is 2. The maximum Gasteiger partial charge on any atom is 0.344 e. The van der Waals surface area contributed by atoms with E-state index < -0.39 is 5.97 Å². The maximum atomic E-state index is 12.2. The van der Waals surface area contributed by atoms with Gasteiger partial charge in [0.15, 0.2) is 29.6 Å². The number of carbonyl (C=O) groups is 1. The molecule has 0 aliphatic carbocycles. The Labute approximate surface area is 191 Å². The Morgan fingerprint density at radius 2 is 1.84 bits per heavy atom. The van der Waals surface area contributed by atoms with Crippen LogP contribution in [0.1, 0.15) is 18.2 Å². The lowest BCUT2D eigenvalue weighted by Crippen LogP contribution is -2.15. The number of hydrogen-bond acceptors (Lipinski definition) is 8. The molecule has 32 heavy (non-hydrogen) atoms. The maximum absolute atomic E-state index is 12.2. The summed E-state index contributed by atoms with van der Waals surface area (Å²) in [4.78, 5) is 16.7. The molecule has 0 radical (unpaired) electrons. The molecule has 0 unspecified atom stereocenters. The minimum Gasteiger partial charge on any atom is -0.493 e. The average Bonchev–Trinajstić information content (AvgIpc) is 3.30. The highest BCUT2D eigenvalue weighted by Crippen LogP contribution is 2.39. The Morgan fingerprint density at radius 3 is 2.56 bits per heavy atom. The fourth-order valence-corrected chi connectivity index (χ4v) is 3.81. The van der Waals surface area contributed by atoms with Crippen molar-refractivity contribution in [2.24, 2.45) is 0 Å². The summed E-state index contributed by atoms with van der Waals surface area (Å²) in [6, 6.07) is 11.1. The first-order valence-corrected chi connectivity index (χ1v) is 10.7. The third-order valence-electron chi connectivity index (χ3n) is 4.46. The summed E-state index contributed by atoms with van der Waals surface area (Å²) in [7, 11) is 4.72. The molecule has 168 valence electrons. The second-order valence-electron chi connectivity index (χ2n) is 6.54. The standard InChI is InChI=1S/C24H25NO6S/c1-5-7-16-10-11-19(21(12-16)28-3)30-14-22(26)31-13-17-15-32-24(25-17)18-8-6-9-20(27-2)23(18)29-4/h5-12,15H,13-14H2,1-4H3/b7-5+. The van der Waals surface area contributed by atoms with Crippen molar-refractivity contribution in [2.45, 2.75) is 13.5 Å². The predicted molar refractivity (Wildman–Crippen MR) is 124 cm³/mol. The van der Waals surface area contributed by atoms with E-state index in [0.717, 1.165) is 16.1 Å². The summed E-state index contributed by atoms with van der Waals surface area (Å²) in [5.74, 6) is 1.75. The fourth-order valence-electron chi connectivity index (χ4n) is 2.98. The highest BCUT2D eigenvalue weighted by atomic mass is 32.1. The molecule has 0 aliphatic rings. The van der Waals surface area contributed by atoms with Crippen LogP contribution >= 0.6 is 11.3 Å². The number of nitrogens with zero attached hydrogens (tertiary/aromatic N) is 1. The van der Waals surface area contributed by atoms with Gasteiger partial charge in [-0.3, -0.25) is 0 Å². The van der Waals surface area contributed by atoms with Crippen LogP contribution in [-0.4, -0.2) is 38.9 Å². The highest BCUT2D eigenvalue weighted by Gasteiger charge is 2.15. The van der Waals surface area contributed by atoms with Crippen molar-refractivity contribution in [3.63, 3.8) is 0 Å². The van der Waals surface area contributed by atoms with Crippen LogP contribution in [0.15, 0.2) is 47.9 Å². The number of allylic oxidation sites excluding steroid dienone is 1. The summed E-state index contributed by atoms with van der Waals surface area (Å²) in [5.41, 5.74) is 2.43. The molecule has 0 N–H and O–H groups in total. The van der Waals surface area contributed by atoms with Gasteiger partial charge in [-0.05, 0) is 36.8 Å². The Kier molecular flexibility index (Phi) is 8.10. The van der Waals surface area contributed by atoms with Crippen molar-refractivity contribution < 1.29 is 28.5 Å². The lowest BCUT2D eigenvalue weighted by Gasteiger charge is -2.11. The van der Waals surface area contributed by atoms with E-state index in [-0.39, 0.29) is 13.2 Å². The monoisotopic (exact) mass is 455 g/mol. The first-order chi connectivity index (χ1) is 15.6. The van der Waals surface area contributed by atoms with Crippen LogP contribution in [0.25, 0.3) is 16.6 Å². The van der Waals surface area contributed by atoms with E-state index in [1.54, 1.807) is 27.4 Å². The fraction of sp³-hybridized carbons (Fsp3) is 0.250. The normalized spacial score (nSPS) is 10.8. The molecule has 1 aromatic heterocycles. The van der Waals surface area contributed by atoms with Crippen molar-refractivity contribution in [1.29, 1.82) is 0 Å². The van der Waals surface area contributed by atoms with Gasteiger partial charge in [0.1, 0.15) is 11.6 Å². The van der Waals surface area contributed by atoms with Gasteiger partial charge in [0.25, 0.3) is 0 Å². The molecular formula is C24H25NO6S. The largest absolute Gasteiger partial charge is 0.493 e. The third-order valence-corrected chi connectivity index (χ3v) is 5.38. The van der Waals surface area contributed by atoms with Gasteiger partial charge >= 0.3 is 5.97 Å². The molecule has 0 spiro atoms. The molecule has 0 saturated carbocycles. The molecule has 7 nitrogen and oxygen atoms in total. The van der Waals surface area contributed by atoms with E-state index in [1.807, 2.05) is 54.8 Å². The van der Waals surface area contributed by atoms with Crippen LogP contribution in [0.4, 0.5) is 0 Å². The number of carbonyl (C=O) groups excluding carboxylic acids is 1. The molecular weight excluding hydrogens is 430 g/mol. The molecule has 0 bridgehead atoms. The molecule has 1 heterocycles. The van der Waals surface area contributed by atoms with Gasteiger partial charge in [-0.2, -0.15) is 0 Å².